The molecule has 0 rings (SSSR count). The first-order valence-electron chi connectivity index (χ1n) is 3.85. The second-order valence-corrected chi connectivity index (χ2v) is 4.53. The number of nitrogens with two attached hydrogens (primary N) is 1. The summed E-state index contributed by atoms with van der Waals surface area (Å²) in [6.45, 7) is 1.56. The second kappa shape index (κ2) is 5.46. The molecule has 0 aliphatic heterocycles. The van der Waals surface area contributed by atoms with E-state index >= 15 is 0 Å². The molecule has 0 aliphatic carbocycles. The summed E-state index contributed by atoms with van der Waals surface area (Å²) in [4.78, 5) is 0. The van der Waals surface area contributed by atoms with Gasteiger partial charge in [0.1, 0.15) is 0 Å². The van der Waals surface area contributed by atoms with E-state index in [9.17, 15) is 17.2 Å². The SMILES string of the molecule is CC(NCCCS(N)(=O)=O)C(F)F. The van der Waals surface area contributed by atoms with Gasteiger partial charge in [0.25, 0.3) is 6.43 Å². The number of hydrogen-bond acceptors (Lipinski definition) is 3. The number of alkyl halides is 2. The third-order valence-electron chi connectivity index (χ3n) is 1.45. The lowest BCUT2D eigenvalue weighted by atomic mass is 10.3. The lowest BCUT2D eigenvalue weighted by Crippen LogP contribution is -2.34. The highest BCUT2D eigenvalue weighted by Crippen LogP contribution is 1.98. The van der Waals surface area contributed by atoms with Gasteiger partial charge in [0.05, 0.1) is 11.8 Å². The molecule has 4 nitrogen and oxygen atoms in total. The van der Waals surface area contributed by atoms with E-state index in [-0.39, 0.29) is 18.7 Å². The molecule has 0 radical (unpaired) electrons. The fraction of sp³-hybridized carbons (Fsp3) is 1.00. The fourth-order valence-corrected chi connectivity index (χ4v) is 1.24. The molecule has 0 saturated carbocycles. The Kier molecular flexibility index (Phi) is 5.34. The van der Waals surface area contributed by atoms with Gasteiger partial charge in [-0.15, -0.1) is 0 Å². The Balaban J connectivity index is 3.47. The van der Waals surface area contributed by atoms with Crippen LogP contribution in [-0.2, 0) is 10.0 Å². The van der Waals surface area contributed by atoms with Gasteiger partial charge in [0, 0.05) is 0 Å². The third-order valence-corrected chi connectivity index (χ3v) is 2.31. The molecule has 0 heterocycles. The van der Waals surface area contributed by atoms with E-state index in [4.69, 9.17) is 5.14 Å². The lowest BCUT2D eigenvalue weighted by molar-refractivity contribution is 0.106. The van der Waals surface area contributed by atoms with Crippen molar-refractivity contribution in [3.8, 4) is 0 Å². The van der Waals surface area contributed by atoms with Crippen molar-refractivity contribution in [1.29, 1.82) is 0 Å². The number of primary sulfonamides is 1. The van der Waals surface area contributed by atoms with Crippen molar-refractivity contribution in [2.24, 2.45) is 5.14 Å². The van der Waals surface area contributed by atoms with Gasteiger partial charge in [-0.2, -0.15) is 0 Å². The predicted molar refractivity (Wildman–Crippen MR) is 46.1 cm³/mol. The standard InChI is InChI=1S/C6H14F2N2O2S/c1-5(6(7)8)10-3-2-4-13(9,11)12/h5-6,10H,2-4H2,1H3,(H2,9,11,12). The number of halogens is 2. The zero-order valence-corrected chi connectivity index (χ0v) is 8.15. The molecule has 3 N–H and O–H groups in total. The molecule has 0 amide bonds. The van der Waals surface area contributed by atoms with E-state index in [0.29, 0.717) is 0 Å². The zero-order chi connectivity index (χ0) is 10.5. The van der Waals surface area contributed by atoms with Crippen molar-refractivity contribution < 1.29 is 17.2 Å². The van der Waals surface area contributed by atoms with Crippen LogP contribution in [0.25, 0.3) is 0 Å². The average molecular weight is 216 g/mol. The molecule has 0 aromatic carbocycles. The van der Waals surface area contributed by atoms with Crippen molar-refractivity contribution in [3.63, 3.8) is 0 Å². The first-order valence-corrected chi connectivity index (χ1v) is 5.56. The molecule has 13 heavy (non-hydrogen) atoms. The minimum Gasteiger partial charge on any atom is -0.309 e. The molecule has 7 heteroatoms. The Morgan fingerprint density at radius 1 is 1.46 bits per heavy atom. The topological polar surface area (TPSA) is 72.2 Å². The molecular weight excluding hydrogens is 202 g/mol. The maximum Gasteiger partial charge on any atom is 0.253 e. The van der Waals surface area contributed by atoms with Gasteiger partial charge < -0.3 is 5.32 Å². The van der Waals surface area contributed by atoms with Crippen LogP contribution < -0.4 is 10.5 Å². The van der Waals surface area contributed by atoms with Gasteiger partial charge >= 0.3 is 0 Å². The molecule has 0 bridgehead atoms. The minimum absolute atomic E-state index is 0.185. The number of hydrogen-bond donors (Lipinski definition) is 2. The van der Waals surface area contributed by atoms with E-state index < -0.39 is 22.5 Å². The lowest BCUT2D eigenvalue weighted by Gasteiger charge is -2.11. The summed E-state index contributed by atoms with van der Waals surface area (Å²) in [5, 5.41) is 7.19. The van der Waals surface area contributed by atoms with Crippen LogP contribution in [-0.4, -0.2) is 33.2 Å². The normalized spacial score (nSPS) is 14.8. The first kappa shape index (κ1) is 12.7. The molecule has 0 aromatic rings. The number of sulfonamides is 1. The smallest absolute Gasteiger partial charge is 0.253 e. The number of nitrogens with one attached hydrogen (secondary N) is 1. The maximum absolute atomic E-state index is 11.9. The Hall–Kier alpha value is -0.270. The Morgan fingerprint density at radius 3 is 2.38 bits per heavy atom. The summed E-state index contributed by atoms with van der Waals surface area (Å²) in [7, 11) is -3.47. The fourth-order valence-electron chi connectivity index (χ4n) is 0.692. The van der Waals surface area contributed by atoms with Crippen LogP contribution in [0.5, 0.6) is 0 Å². The van der Waals surface area contributed by atoms with Crippen LogP contribution in [0.1, 0.15) is 13.3 Å². The van der Waals surface area contributed by atoms with Gasteiger partial charge in [0.15, 0.2) is 0 Å². The molecular formula is C6H14F2N2O2S. The van der Waals surface area contributed by atoms with Gasteiger partial charge in [-0.3, -0.25) is 0 Å². The summed E-state index contributed by atoms with van der Waals surface area (Å²) in [5.74, 6) is -0.185. The van der Waals surface area contributed by atoms with Crippen molar-refractivity contribution >= 4 is 10.0 Å². The molecule has 1 unspecified atom stereocenters. The molecule has 1 atom stereocenters. The molecule has 80 valence electrons. The van der Waals surface area contributed by atoms with Crippen LogP contribution in [0.2, 0.25) is 0 Å². The van der Waals surface area contributed by atoms with E-state index in [2.05, 4.69) is 5.32 Å². The summed E-state index contributed by atoms with van der Waals surface area (Å²) < 4.78 is 44.6. The van der Waals surface area contributed by atoms with Gasteiger partial charge in [-0.25, -0.2) is 22.3 Å². The summed E-state index contributed by atoms with van der Waals surface area (Å²) in [6, 6.07) is -0.916. The van der Waals surface area contributed by atoms with Crippen molar-refractivity contribution in [2.45, 2.75) is 25.8 Å². The monoisotopic (exact) mass is 216 g/mol. The van der Waals surface area contributed by atoms with Crippen molar-refractivity contribution in [1.82, 2.24) is 5.32 Å². The minimum atomic E-state index is -3.47. The van der Waals surface area contributed by atoms with E-state index in [1.54, 1.807) is 0 Å². The van der Waals surface area contributed by atoms with E-state index in [1.165, 1.54) is 6.92 Å². The second-order valence-electron chi connectivity index (χ2n) is 2.80. The van der Waals surface area contributed by atoms with Crippen LogP contribution in [0.15, 0.2) is 0 Å². The highest BCUT2D eigenvalue weighted by atomic mass is 32.2. The zero-order valence-electron chi connectivity index (χ0n) is 7.33. The molecule has 0 aliphatic rings. The Morgan fingerprint density at radius 2 is 2.00 bits per heavy atom. The van der Waals surface area contributed by atoms with Crippen LogP contribution in [0, 0.1) is 0 Å². The van der Waals surface area contributed by atoms with Gasteiger partial charge in [0.2, 0.25) is 10.0 Å². The van der Waals surface area contributed by atoms with E-state index in [1.807, 2.05) is 0 Å². The van der Waals surface area contributed by atoms with E-state index in [0.717, 1.165) is 0 Å². The molecule has 0 aromatic heterocycles. The predicted octanol–water partition coefficient (Wildman–Crippen LogP) is -0.0918. The van der Waals surface area contributed by atoms with Crippen molar-refractivity contribution in [3.05, 3.63) is 0 Å². The van der Waals surface area contributed by atoms with Crippen LogP contribution >= 0.6 is 0 Å². The largest absolute Gasteiger partial charge is 0.309 e. The summed E-state index contributed by atoms with van der Waals surface area (Å²) in [6.07, 6.45) is -2.19. The molecule has 0 saturated heterocycles. The van der Waals surface area contributed by atoms with Crippen molar-refractivity contribution in [2.75, 3.05) is 12.3 Å². The highest BCUT2D eigenvalue weighted by Gasteiger charge is 2.13. The maximum atomic E-state index is 11.9. The quantitative estimate of drug-likeness (QED) is 0.609. The molecule has 0 fully saturated rings. The van der Waals surface area contributed by atoms with Crippen LogP contribution in [0.4, 0.5) is 8.78 Å². The summed E-state index contributed by atoms with van der Waals surface area (Å²) >= 11 is 0. The van der Waals surface area contributed by atoms with Gasteiger partial charge in [-0.05, 0) is 19.9 Å². The Labute approximate surface area is 76.5 Å². The van der Waals surface area contributed by atoms with Crippen LogP contribution in [0.3, 0.4) is 0 Å². The number of rotatable bonds is 6. The molecule has 0 spiro atoms. The first-order chi connectivity index (χ1) is 5.83. The average Bonchev–Trinajstić information content (AvgIpc) is 1.95. The third kappa shape index (κ3) is 8.07. The Bertz CT molecular complexity index is 231. The highest BCUT2D eigenvalue weighted by molar-refractivity contribution is 7.89. The van der Waals surface area contributed by atoms with Gasteiger partial charge in [-0.1, -0.05) is 0 Å². The summed E-state index contributed by atoms with van der Waals surface area (Å²) in [5.41, 5.74) is 0.